The number of hydrogen-bond donors (Lipinski definition) is 1. The Morgan fingerprint density at radius 2 is 1.96 bits per heavy atom. The molecule has 0 aliphatic heterocycles. The molecule has 1 aromatic carbocycles. The summed E-state index contributed by atoms with van der Waals surface area (Å²) in [7, 11) is -3.28. The SMILES string of the molecule is CS(=O)(=O)c1ccc(-c2cc(F)nc(NCc3nccs3)n2)cc1. The molecule has 9 heteroatoms. The van der Waals surface area contributed by atoms with E-state index in [1.54, 1.807) is 18.3 Å². The second kappa shape index (κ2) is 6.62. The van der Waals surface area contributed by atoms with Crippen molar-refractivity contribution in [3.8, 4) is 11.3 Å². The van der Waals surface area contributed by atoms with E-state index >= 15 is 0 Å². The summed E-state index contributed by atoms with van der Waals surface area (Å²) >= 11 is 1.47. The lowest BCUT2D eigenvalue weighted by Crippen LogP contribution is -2.05. The molecular formula is C15H13FN4O2S2. The van der Waals surface area contributed by atoms with Gasteiger partial charge in [0.25, 0.3) is 0 Å². The van der Waals surface area contributed by atoms with Crippen LogP contribution in [-0.2, 0) is 16.4 Å². The summed E-state index contributed by atoms with van der Waals surface area (Å²) in [5.74, 6) is -0.527. The van der Waals surface area contributed by atoms with Crippen LogP contribution in [0.25, 0.3) is 11.3 Å². The van der Waals surface area contributed by atoms with Crippen LogP contribution in [0.1, 0.15) is 5.01 Å². The number of thiazole rings is 1. The molecule has 0 spiro atoms. The standard InChI is InChI=1S/C15H13FN4O2S2/c1-24(21,22)11-4-2-10(3-5-11)12-8-13(16)20-15(19-12)18-9-14-17-6-7-23-14/h2-8H,9H2,1H3,(H,18,19,20). The highest BCUT2D eigenvalue weighted by atomic mass is 32.2. The van der Waals surface area contributed by atoms with Gasteiger partial charge in [0.1, 0.15) is 5.01 Å². The average Bonchev–Trinajstić information content (AvgIpc) is 3.05. The topological polar surface area (TPSA) is 84.8 Å². The Kier molecular flexibility index (Phi) is 4.54. The van der Waals surface area contributed by atoms with Crippen molar-refractivity contribution in [2.75, 3.05) is 11.6 Å². The van der Waals surface area contributed by atoms with Gasteiger partial charge in [-0.3, -0.25) is 0 Å². The molecular weight excluding hydrogens is 351 g/mol. The monoisotopic (exact) mass is 364 g/mol. The van der Waals surface area contributed by atoms with Crippen LogP contribution in [-0.4, -0.2) is 29.6 Å². The van der Waals surface area contributed by atoms with Crippen LogP contribution in [0.4, 0.5) is 10.3 Å². The van der Waals surface area contributed by atoms with Crippen molar-refractivity contribution in [2.45, 2.75) is 11.4 Å². The Morgan fingerprint density at radius 1 is 1.21 bits per heavy atom. The zero-order valence-corrected chi connectivity index (χ0v) is 14.2. The number of nitrogens with zero attached hydrogens (tertiary/aromatic N) is 3. The van der Waals surface area contributed by atoms with Gasteiger partial charge in [0.2, 0.25) is 11.9 Å². The van der Waals surface area contributed by atoms with Gasteiger partial charge < -0.3 is 5.32 Å². The van der Waals surface area contributed by atoms with Crippen molar-refractivity contribution < 1.29 is 12.8 Å². The zero-order chi connectivity index (χ0) is 17.2. The first-order chi connectivity index (χ1) is 11.4. The fourth-order valence-electron chi connectivity index (χ4n) is 2.01. The number of benzene rings is 1. The summed E-state index contributed by atoms with van der Waals surface area (Å²) in [6.45, 7) is 0.396. The van der Waals surface area contributed by atoms with E-state index in [0.29, 0.717) is 17.8 Å². The minimum atomic E-state index is -3.28. The Morgan fingerprint density at radius 3 is 2.58 bits per heavy atom. The molecule has 2 aromatic heterocycles. The highest BCUT2D eigenvalue weighted by Gasteiger charge is 2.10. The van der Waals surface area contributed by atoms with E-state index in [1.165, 1.54) is 29.5 Å². The molecule has 0 aliphatic carbocycles. The third-order valence-electron chi connectivity index (χ3n) is 3.15. The van der Waals surface area contributed by atoms with Crippen LogP contribution >= 0.6 is 11.3 Å². The van der Waals surface area contributed by atoms with Crippen LogP contribution in [0.3, 0.4) is 0 Å². The summed E-state index contributed by atoms with van der Waals surface area (Å²) in [5.41, 5.74) is 0.963. The number of hydrogen-bond acceptors (Lipinski definition) is 7. The largest absolute Gasteiger partial charge is 0.348 e. The molecule has 3 rings (SSSR count). The van der Waals surface area contributed by atoms with E-state index < -0.39 is 15.8 Å². The molecule has 2 heterocycles. The fraction of sp³-hybridized carbons (Fsp3) is 0.133. The first kappa shape index (κ1) is 16.5. The van der Waals surface area contributed by atoms with Crippen molar-refractivity contribution in [3.63, 3.8) is 0 Å². The van der Waals surface area contributed by atoms with Gasteiger partial charge in [0, 0.05) is 29.5 Å². The molecule has 0 amide bonds. The molecule has 0 unspecified atom stereocenters. The normalized spacial score (nSPS) is 11.4. The van der Waals surface area contributed by atoms with E-state index in [9.17, 15) is 12.8 Å². The lowest BCUT2D eigenvalue weighted by Gasteiger charge is -2.07. The van der Waals surface area contributed by atoms with Crippen LogP contribution in [0, 0.1) is 5.95 Å². The van der Waals surface area contributed by atoms with Gasteiger partial charge in [-0.2, -0.15) is 9.37 Å². The lowest BCUT2D eigenvalue weighted by atomic mass is 10.1. The van der Waals surface area contributed by atoms with Crippen molar-refractivity contribution in [3.05, 3.63) is 52.9 Å². The fourth-order valence-corrected chi connectivity index (χ4v) is 3.20. The number of nitrogens with one attached hydrogen (secondary N) is 1. The quantitative estimate of drug-likeness (QED) is 0.701. The van der Waals surface area contributed by atoms with Crippen molar-refractivity contribution in [1.29, 1.82) is 0 Å². The van der Waals surface area contributed by atoms with E-state index in [2.05, 4.69) is 20.3 Å². The Balaban J connectivity index is 1.85. The molecule has 24 heavy (non-hydrogen) atoms. The average molecular weight is 364 g/mol. The molecule has 0 radical (unpaired) electrons. The lowest BCUT2D eigenvalue weighted by molar-refractivity contribution is 0.582. The molecule has 0 saturated carbocycles. The van der Waals surface area contributed by atoms with Crippen LogP contribution in [0.2, 0.25) is 0 Å². The van der Waals surface area contributed by atoms with Crippen molar-refractivity contribution in [2.24, 2.45) is 0 Å². The predicted octanol–water partition coefficient (Wildman–Crippen LogP) is 2.75. The number of halogens is 1. The number of sulfone groups is 1. The van der Waals surface area contributed by atoms with E-state index in [-0.39, 0.29) is 10.8 Å². The number of aromatic nitrogens is 3. The molecule has 0 aliphatic rings. The molecule has 1 N–H and O–H groups in total. The maximum atomic E-state index is 13.7. The Hall–Kier alpha value is -2.39. The first-order valence-electron chi connectivity index (χ1n) is 6.89. The number of anilines is 1. The van der Waals surface area contributed by atoms with Gasteiger partial charge in [-0.1, -0.05) is 12.1 Å². The first-order valence-corrected chi connectivity index (χ1v) is 9.66. The van der Waals surface area contributed by atoms with E-state index in [4.69, 9.17) is 0 Å². The summed E-state index contributed by atoms with van der Waals surface area (Å²) in [6.07, 6.45) is 2.82. The molecule has 0 fully saturated rings. The molecule has 0 atom stereocenters. The second-order valence-electron chi connectivity index (χ2n) is 4.98. The second-order valence-corrected chi connectivity index (χ2v) is 7.97. The van der Waals surface area contributed by atoms with E-state index in [1.807, 2.05) is 5.38 Å². The smallest absolute Gasteiger partial charge is 0.226 e. The van der Waals surface area contributed by atoms with Crippen LogP contribution in [0.15, 0.2) is 46.8 Å². The summed E-state index contributed by atoms with van der Waals surface area (Å²) in [6, 6.07) is 7.30. The van der Waals surface area contributed by atoms with Gasteiger partial charge >= 0.3 is 0 Å². The molecule has 0 bridgehead atoms. The zero-order valence-electron chi connectivity index (χ0n) is 12.6. The van der Waals surface area contributed by atoms with Crippen LogP contribution in [0.5, 0.6) is 0 Å². The third-order valence-corrected chi connectivity index (χ3v) is 5.06. The third kappa shape index (κ3) is 3.92. The van der Waals surface area contributed by atoms with Gasteiger partial charge in [-0.15, -0.1) is 11.3 Å². The van der Waals surface area contributed by atoms with Crippen molar-refractivity contribution >= 4 is 27.1 Å². The highest BCUT2D eigenvalue weighted by molar-refractivity contribution is 7.90. The molecule has 3 aromatic rings. The van der Waals surface area contributed by atoms with Gasteiger partial charge in [0.15, 0.2) is 9.84 Å². The molecule has 6 nitrogen and oxygen atoms in total. The highest BCUT2D eigenvalue weighted by Crippen LogP contribution is 2.21. The molecule has 124 valence electrons. The number of rotatable bonds is 5. The summed E-state index contributed by atoms with van der Waals surface area (Å²) in [5, 5.41) is 5.60. The minimum Gasteiger partial charge on any atom is -0.348 e. The predicted molar refractivity (Wildman–Crippen MR) is 90.0 cm³/mol. The van der Waals surface area contributed by atoms with Crippen LogP contribution < -0.4 is 5.32 Å². The minimum absolute atomic E-state index is 0.146. The Labute approximate surface area is 142 Å². The van der Waals surface area contributed by atoms with Crippen molar-refractivity contribution in [1.82, 2.24) is 15.0 Å². The summed E-state index contributed by atoms with van der Waals surface area (Å²) < 4.78 is 36.7. The van der Waals surface area contributed by atoms with Gasteiger partial charge in [-0.25, -0.2) is 18.4 Å². The van der Waals surface area contributed by atoms with Gasteiger partial charge in [0.05, 0.1) is 17.1 Å². The van der Waals surface area contributed by atoms with E-state index in [0.717, 1.165) is 11.3 Å². The maximum Gasteiger partial charge on any atom is 0.226 e. The maximum absolute atomic E-state index is 13.7. The Bertz CT molecular complexity index is 942. The van der Waals surface area contributed by atoms with Gasteiger partial charge in [-0.05, 0) is 12.1 Å². The molecule has 0 saturated heterocycles. The summed E-state index contributed by atoms with van der Waals surface area (Å²) in [4.78, 5) is 12.3.